The molecule has 0 fully saturated rings. The molecule has 11 heteroatoms. The number of rotatable bonds is 14. The maximum Gasteiger partial charge on any atom is 0.271 e. The third-order valence-electron chi connectivity index (χ3n) is 5.95. The van der Waals surface area contributed by atoms with Crippen LogP contribution in [0.3, 0.4) is 0 Å². The Kier molecular flexibility index (Phi) is 11.5. The first kappa shape index (κ1) is 31.8. The van der Waals surface area contributed by atoms with Crippen LogP contribution in [0, 0.1) is 5.82 Å². The Labute approximate surface area is 259 Å². The van der Waals surface area contributed by atoms with E-state index in [1.807, 2.05) is 37.3 Å². The van der Waals surface area contributed by atoms with Crippen molar-refractivity contribution in [2.75, 3.05) is 25.1 Å². The van der Waals surface area contributed by atoms with Crippen LogP contribution in [0.2, 0.25) is 5.02 Å². The molecule has 0 aliphatic heterocycles. The minimum atomic E-state index is -0.578. The Balaban J connectivity index is 1.39. The molecule has 228 valence electrons. The highest BCUT2D eigenvalue weighted by atomic mass is 35.5. The third-order valence-corrected chi connectivity index (χ3v) is 6.23. The zero-order valence-electron chi connectivity index (χ0n) is 24.1. The highest BCUT2D eigenvalue weighted by Crippen LogP contribution is 2.36. The molecule has 0 saturated carbocycles. The summed E-state index contributed by atoms with van der Waals surface area (Å²) in [7, 11) is 0. The van der Waals surface area contributed by atoms with Gasteiger partial charge in [-0.05, 0) is 67.4 Å². The van der Waals surface area contributed by atoms with Crippen molar-refractivity contribution in [3.05, 3.63) is 112 Å². The Hall–Kier alpha value is -5.09. The molecule has 2 N–H and O–H groups in total. The average molecular weight is 620 g/mol. The van der Waals surface area contributed by atoms with Crippen molar-refractivity contribution in [2.45, 2.75) is 20.5 Å². The van der Waals surface area contributed by atoms with E-state index in [1.165, 1.54) is 30.5 Å². The van der Waals surface area contributed by atoms with Crippen LogP contribution in [0.1, 0.15) is 35.3 Å². The van der Waals surface area contributed by atoms with Crippen molar-refractivity contribution in [3.8, 4) is 23.0 Å². The first-order valence-corrected chi connectivity index (χ1v) is 14.2. The number of amides is 2. The number of nitrogens with one attached hydrogen (secondary N) is 2. The largest absolute Gasteiger partial charge is 0.490 e. The number of hydrogen-bond donors (Lipinski definition) is 2. The summed E-state index contributed by atoms with van der Waals surface area (Å²) in [6, 6.07) is 23.5. The first-order valence-electron chi connectivity index (χ1n) is 13.8. The molecule has 2 amide bonds. The fraction of sp³-hybridized carbons (Fsp3) is 0.182. The Morgan fingerprint density at radius 1 is 0.841 bits per heavy atom. The Bertz CT molecular complexity index is 1620. The van der Waals surface area contributed by atoms with E-state index in [9.17, 15) is 14.0 Å². The number of ether oxygens (including phenoxy) is 4. The predicted molar refractivity (Wildman–Crippen MR) is 167 cm³/mol. The molecule has 44 heavy (non-hydrogen) atoms. The van der Waals surface area contributed by atoms with Gasteiger partial charge in [0.15, 0.2) is 29.6 Å². The second-order valence-corrected chi connectivity index (χ2v) is 9.55. The predicted octanol–water partition coefficient (Wildman–Crippen LogP) is 6.64. The molecule has 4 aromatic carbocycles. The highest BCUT2D eigenvalue weighted by Gasteiger charge is 2.16. The molecular formula is C33H31ClFN3O6. The van der Waals surface area contributed by atoms with Crippen molar-refractivity contribution in [1.82, 2.24) is 5.43 Å². The van der Waals surface area contributed by atoms with Gasteiger partial charge in [0.1, 0.15) is 12.4 Å². The topological polar surface area (TPSA) is 107 Å². The number of hydrogen-bond acceptors (Lipinski definition) is 7. The van der Waals surface area contributed by atoms with Gasteiger partial charge < -0.3 is 24.3 Å². The summed E-state index contributed by atoms with van der Waals surface area (Å²) in [4.78, 5) is 25.1. The van der Waals surface area contributed by atoms with E-state index in [0.29, 0.717) is 42.4 Å². The van der Waals surface area contributed by atoms with Crippen LogP contribution in [-0.2, 0) is 11.4 Å². The van der Waals surface area contributed by atoms with Gasteiger partial charge in [0.25, 0.3) is 11.8 Å². The van der Waals surface area contributed by atoms with Crippen molar-refractivity contribution in [1.29, 1.82) is 0 Å². The normalized spacial score (nSPS) is 10.7. The van der Waals surface area contributed by atoms with Crippen LogP contribution in [0.15, 0.2) is 90.0 Å². The van der Waals surface area contributed by atoms with E-state index >= 15 is 0 Å². The monoisotopic (exact) mass is 619 g/mol. The maximum atomic E-state index is 13.8. The van der Waals surface area contributed by atoms with Gasteiger partial charge in [0, 0.05) is 5.56 Å². The standard InChI is InChI=1S/C33H31ClFN3O6/c1-3-41-29-18-24(14-15-28(29)43-20-22-10-6-5-7-11-22)33(40)38-36-19-23-16-25(34)32(30(17-23)42-4-2)44-21-31(39)37-27-13-9-8-12-26(27)35/h5-19H,3-4,20-21H2,1-2H3,(H,37,39)(H,38,40)/b36-19+. The van der Waals surface area contributed by atoms with Crippen LogP contribution in [0.5, 0.6) is 23.0 Å². The van der Waals surface area contributed by atoms with Crippen molar-refractivity contribution in [3.63, 3.8) is 0 Å². The van der Waals surface area contributed by atoms with Gasteiger partial charge in [-0.2, -0.15) is 5.10 Å². The summed E-state index contributed by atoms with van der Waals surface area (Å²) >= 11 is 6.43. The van der Waals surface area contributed by atoms with E-state index in [-0.39, 0.29) is 22.2 Å². The molecule has 4 rings (SSSR count). The van der Waals surface area contributed by atoms with Crippen molar-refractivity contribution >= 4 is 35.3 Å². The molecule has 0 unspecified atom stereocenters. The summed E-state index contributed by atoms with van der Waals surface area (Å²) in [6.45, 7) is 4.22. The summed E-state index contributed by atoms with van der Waals surface area (Å²) in [5.41, 5.74) is 4.34. The summed E-state index contributed by atoms with van der Waals surface area (Å²) < 4.78 is 36.7. The van der Waals surface area contributed by atoms with Crippen LogP contribution < -0.4 is 29.7 Å². The van der Waals surface area contributed by atoms with Gasteiger partial charge in [0.2, 0.25) is 0 Å². The number of carbonyl (C=O) groups excluding carboxylic acids is 2. The minimum Gasteiger partial charge on any atom is -0.490 e. The van der Waals surface area contributed by atoms with Gasteiger partial charge >= 0.3 is 0 Å². The van der Waals surface area contributed by atoms with Gasteiger partial charge in [0.05, 0.1) is 30.1 Å². The first-order chi connectivity index (χ1) is 21.4. The number of halogens is 2. The molecular weight excluding hydrogens is 589 g/mol. The highest BCUT2D eigenvalue weighted by molar-refractivity contribution is 6.32. The third kappa shape index (κ3) is 8.95. The molecule has 0 aliphatic carbocycles. The van der Waals surface area contributed by atoms with Gasteiger partial charge in [-0.3, -0.25) is 9.59 Å². The van der Waals surface area contributed by atoms with Crippen LogP contribution in [0.25, 0.3) is 0 Å². The Morgan fingerprint density at radius 2 is 1.57 bits per heavy atom. The van der Waals surface area contributed by atoms with E-state index in [2.05, 4.69) is 15.8 Å². The molecule has 0 radical (unpaired) electrons. The van der Waals surface area contributed by atoms with Gasteiger partial charge in [-0.1, -0.05) is 54.1 Å². The van der Waals surface area contributed by atoms with Crippen molar-refractivity contribution in [2.24, 2.45) is 5.10 Å². The number of benzene rings is 4. The van der Waals surface area contributed by atoms with E-state index in [4.69, 9.17) is 30.5 Å². The van der Waals surface area contributed by atoms with Crippen molar-refractivity contribution < 1.29 is 32.9 Å². The fourth-order valence-electron chi connectivity index (χ4n) is 3.95. The SMILES string of the molecule is CCOc1cc(C(=O)N/N=C/c2cc(Cl)c(OCC(=O)Nc3ccccc3F)c(OCC)c2)ccc1OCc1ccccc1. The molecule has 0 heterocycles. The molecule has 0 bridgehead atoms. The molecule has 0 spiro atoms. The number of para-hydroxylation sites is 1. The van der Waals surface area contributed by atoms with Crippen LogP contribution in [-0.4, -0.2) is 37.8 Å². The second-order valence-electron chi connectivity index (χ2n) is 9.15. The lowest BCUT2D eigenvalue weighted by atomic mass is 10.2. The number of hydrazone groups is 1. The van der Waals surface area contributed by atoms with Gasteiger partial charge in [-0.15, -0.1) is 0 Å². The Morgan fingerprint density at radius 3 is 2.32 bits per heavy atom. The number of anilines is 1. The van der Waals surface area contributed by atoms with E-state index in [0.717, 1.165) is 5.56 Å². The lowest BCUT2D eigenvalue weighted by Gasteiger charge is -2.14. The van der Waals surface area contributed by atoms with E-state index in [1.54, 1.807) is 37.3 Å². The molecule has 0 saturated heterocycles. The number of nitrogens with zero attached hydrogens (tertiary/aromatic N) is 1. The molecule has 9 nitrogen and oxygen atoms in total. The summed E-state index contributed by atoms with van der Waals surface area (Å²) in [6.07, 6.45) is 1.39. The van der Waals surface area contributed by atoms with Gasteiger partial charge in [-0.25, -0.2) is 9.82 Å². The fourth-order valence-corrected chi connectivity index (χ4v) is 4.23. The molecule has 0 aliphatic rings. The zero-order chi connectivity index (χ0) is 31.3. The lowest BCUT2D eigenvalue weighted by molar-refractivity contribution is -0.118. The second kappa shape index (κ2) is 15.9. The van der Waals surface area contributed by atoms with E-state index < -0.39 is 24.2 Å². The quantitative estimate of drug-likeness (QED) is 0.121. The summed E-state index contributed by atoms with van der Waals surface area (Å²) in [5.74, 6) is -0.259. The smallest absolute Gasteiger partial charge is 0.271 e. The average Bonchev–Trinajstić information content (AvgIpc) is 3.02. The minimum absolute atomic E-state index is 0.0345. The number of carbonyl (C=O) groups is 2. The lowest BCUT2D eigenvalue weighted by Crippen LogP contribution is -2.21. The molecule has 4 aromatic rings. The summed E-state index contributed by atoms with van der Waals surface area (Å²) in [5, 5.41) is 6.63. The maximum absolute atomic E-state index is 13.8. The van der Waals surface area contributed by atoms with Crippen LogP contribution in [0.4, 0.5) is 10.1 Å². The molecule has 0 aromatic heterocycles. The zero-order valence-corrected chi connectivity index (χ0v) is 24.9. The molecule has 0 atom stereocenters. The van der Waals surface area contributed by atoms with Crippen LogP contribution >= 0.6 is 11.6 Å².